The molecule has 3 aliphatic rings. The first kappa shape index (κ1) is 9.37. The number of rotatable bonds is 4. The van der Waals surface area contributed by atoms with Crippen LogP contribution in [-0.2, 0) is 9.47 Å². The average Bonchev–Trinajstić information content (AvgIpc) is 2.79. The highest BCUT2D eigenvalue weighted by Crippen LogP contribution is 2.53. The second-order valence-corrected chi connectivity index (χ2v) is 5.84. The predicted molar refractivity (Wildman–Crippen MR) is 54.4 cm³/mol. The van der Waals surface area contributed by atoms with Crippen LogP contribution in [0.2, 0.25) is 5.54 Å². The van der Waals surface area contributed by atoms with Crippen LogP contribution in [0.25, 0.3) is 0 Å². The van der Waals surface area contributed by atoms with Gasteiger partial charge < -0.3 is 9.47 Å². The van der Waals surface area contributed by atoms with Crippen LogP contribution in [0, 0.1) is 17.8 Å². The third-order valence-electron chi connectivity index (χ3n) is 3.99. The molecule has 1 saturated heterocycles. The molecule has 0 amide bonds. The van der Waals surface area contributed by atoms with Crippen molar-refractivity contribution in [3.8, 4) is 0 Å². The van der Waals surface area contributed by atoms with Gasteiger partial charge in [-0.1, -0.05) is 6.42 Å². The average molecular weight is 209 g/mol. The van der Waals surface area contributed by atoms with Crippen LogP contribution < -0.4 is 0 Å². The molecule has 5 unspecified atom stereocenters. The molecular weight excluding hydrogens is 192 g/mol. The van der Waals surface area contributed by atoms with Crippen molar-refractivity contribution in [2.24, 2.45) is 17.8 Å². The fourth-order valence-electron chi connectivity index (χ4n) is 3.20. The van der Waals surface area contributed by atoms with Gasteiger partial charge in [-0.3, -0.25) is 0 Å². The van der Waals surface area contributed by atoms with E-state index in [0.29, 0.717) is 6.10 Å². The lowest BCUT2D eigenvalue weighted by molar-refractivity contribution is 0.0681. The summed E-state index contributed by atoms with van der Waals surface area (Å²) >= 11 is 0. The van der Waals surface area contributed by atoms with E-state index in [9.17, 15) is 0 Å². The molecule has 0 N–H and O–H groups in total. The van der Waals surface area contributed by atoms with Gasteiger partial charge in [0.05, 0.1) is 13.2 Å². The lowest BCUT2D eigenvalue weighted by Crippen LogP contribution is -2.22. The van der Waals surface area contributed by atoms with Gasteiger partial charge in [-0.05, 0) is 36.1 Å². The van der Waals surface area contributed by atoms with Crippen LogP contribution in [0.4, 0.5) is 0 Å². The first-order valence-corrected chi connectivity index (χ1v) is 6.31. The van der Waals surface area contributed by atoms with Gasteiger partial charge in [-0.25, -0.2) is 0 Å². The quantitative estimate of drug-likeness (QED) is 0.516. The Hall–Kier alpha value is 0.137. The minimum atomic E-state index is 0.424. The Bertz CT molecular complexity index is 217. The Morgan fingerprint density at radius 2 is 2.07 bits per heavy atom. The normalized spacial score (nSPS) is 49.9. The highest BCUT2D eigenvalue weighted by atomic mass is 28.1. The Labute approximate surface area is 88.8 Å². The molecule has 0 aromatic carbocycles. The van der Waals surface area contributed by atoms with Gasteiger partial charge in [0.2, 0.25) is 0 Å². The summed E-state index contributed by atoms with van der Waals surface area (Å²) in [5, 5.41) is 0. The third kappa shape index (κ3) is 1.77. The van der Waals surface area contributed by atoms with Crippen LogP contribution in [0.3, 0.4) is 0 Å². The van der Waals surface area contributed by atoms with Gasteiger partial charge in [0.25, 0.3) is 0 Å². The summed E-state index contributed by atoms with van der Waals surface area (Å²) in [6.07, 6.45) is 4.65. The Morgan fingerprint density at radius 3 is 2.71 bits per heavy atom. The standard InChI is InChI=1S/C11H17O2Si/c14-11-3-7-1-8(10(11)2-7)4-12-5-9-6-13-9/h7-11H,1-6H2. The molecule has 3 heteroatoms. The molecule has 2 nitrogen and oxygen atoms in total. The first-order chi connectivity index (χ1) is 6.83. The Morgan fingerprint density at radius 1 is 1.21 bits per heavy atom. The minimum absolute atomic E-state index is 0.424. The smallest absolute Gasteiger partial charge is 0.104 e. The van der Waals surface area contributed by atoms with E-state index < -0.39 is 0 Å². The molecule has 2 aliphatic carbocycles. The fourth-order valence-corrected chi connectivity index (χ4v) is 3.94. The van der Waals surface area contributed by atoms with E-state index in [1.807, 2.05) is 0 Å². The minimum Gasteiger partial charge on any atom is -0.378 e. The third-order valence-corrected chi connectivity index (χ3v) is 4.65. The van der Waals surface area contributed by atoms with E-state index in [4.69, 9.17) is 9.47 Å². The molecule has 3 rings (SSSR count). The number of ether oxygens (including phenoxy) is 2. The van der Waals surface area contributed by atoms with Crippen LogP contribution in [0.1, 0.15) is 19.3 Å². The topological polar surface area (TPSA) is 21.8 Å². The van der Waals surface area contributed by atoms with Crippen molar-refractivity contribution in [1.82, 2.24) is 0 Å². The maximum Gasteiger partial charge on any atom is 0.104 e. The van der Waals surface area contributed by atoms with E-state index >= 15 is 0 Å². The molecule has 2 bridgehead atoms. The molecule has 1 aliphatic heterocycles. The maximum absolute atomic E-state index is 5.70. The molecular formula is C11H17O2Si. The van der Waals surface area contributed by atoms with Gasteiger partial charge in [0, 0.05) is 16.8 Å². The first-order valence-electron chi connectivity index (χ1n) is 5.73. The molecule has 3 fully saturated rings. The van der Waals surface area contributed by atoms with Crippen LogP contribution in [-0.4, -0.2) is 36.2 Å². The van der Waals surface area contributed by atoms with Crippen molar-refractivity contribution in [3.05, 3.63) is 0 Å². The number of fused-ring (bicyclic) bond motifs is 2. The summed E-state index contributed by atoms with van der Waals surface area (Å²) in [5.74, 6) is 2.68. The molecule has 2 saturated carbocycles. The zero-order valence-electron chi connectivity index (χ0n) is 8.45. The van der Waals surface area contributed by atoms with E-state index in [1.54, 1.807) is 0 Å². The number of epoxide rings is 1. The highest BCUT2D eigenvalue weighted by molar-refractivity contribution is 6.12. The van der Waals surface area contributed by atoms with Crippen molar-refractivity contribution in [1.29, 1.82) is 0 Å². The second kappa shape index (κ2) is 3.61. The SMILES string of the molecule is [Si]C1CC2CC(COCC3CO3)C1C2. The summed E-state index contributed by atoms with van der Waals surface area (Å²) in [7, 11) is 3.84. The van der Waals surface area contributed by atoms with Gasteiger partial charge in [-0.15, -0.1) is 0 Å². The van der Waals surface area contributed by atoms with Gasteiger partial charge >= 0.3 is 0 Å². The molecule has 3 radical (unpaired) electrons. The summed E-state index contributed by atoms with van der Waals surface area (Å²) in [6, 6.07) is 0. The lowest BCUT2D eigenvalue weighted by atomic mass is 9.89. The van der Waals surface area contributed by atoms with E-state index in [1.165, 1.54) is 19.3 Å². The molecule has 0 spiro atoms. The van der Waals surface area contributed by atoms with Crippen LogP contribution in [0.15, 0.2) is 0 Å². The zero-order chi connectivity index (χ0) is 9.54. The summed E-state index contributed by atoms with van der Waals surface area (Å²) in [5.41, 5.74) is 0.763. The Kier molecular flexibility index (Phi) is 2.42. The van der Waals surface area contributed by atoms with Crippen LogP contribution >= 0.6 is 0 Å². The Balaban J connectivity index is 1.44. The summed E-state index contributed by atoms with van der Waals surface area (Å²) in [6.45, 7) is 2.69. The predicted octanol–water partition coefficient (Wildman–Crippen LogP) is 1.40. The summed E-state index contributed by atoms with van der Waals surface area (Å²) < 4.78 is 10.8. The fraction of sp³-hybridized carbons (Fsp3) is 1.00. The number of hydrogen-bond acceptors (Lipinski definition) is 2. The molecule has 77 valence electrons. The lowest BCUT2D eigenvalue weighted by Gasteiger charge is -2.26. The van der Waals surface area contributed by atoms with Gasteiger partial charge in [-0.2, -0.15) is 0 Å². The van der Waals surface area contributed by atoms with E-state index in [-0.39, 0.29) is 0 Å². The largest absolute Gasteiger partial charge is 0.378 e. The van der Waals surface area contributed by atoms with Crippen LogP contribution in [0.5, 0.6) is 0 Å². The monoisotopic (exact) mass is 209 g/mol. The molecule has 0 aromatic heterocycles. The van der Waals surface area contributed by atoms with Crippen molar-refractivity contribution in [3.63, 3.8) is 0 Å². The van der Waals surface area contributed by atoms with Crippen molar-refractivity contribution < 1.29 is 9.47 Å². The molecule has 14 heavy (non-hydrogen) atoms. The number of hydrogen-bond donors (Lipinski definition) is 0. The molecule has 1 heterocycles. The van der Waals surface area contributed by atoms with E-state index in [0.717, 1.165) is 43.1 Å². The van der Waals surface area contributed by atoms with E-state index in [2.05, 4.69) is 10.2 Å². The second-order valence-electron chi connectivity index (χ2n) is 5.10. The molecule has 0 aromatic rings. The van der Waals surface area contributed by atoms with Crippen molar-refractivity contribution in [2.45, 2.75) is 30.9 Å². The van der Waals surface area contributed by atoms with Crippen molar-refractivity contribution in [2.75, 3.05) is 19.8 Å². The highest BCUT2D eigenvalue weighted by Gasteiger charge is 2.44. The summed E-state index contributed by atoms with van der Waals surface area (Å²) in [4.78, 5) is 0. The molecule has 5 atom stereocenters. The van der Waals surface area contributed by atoms with Crippen molar-refractivity contribution >= 4 is 10.2 Å². The zero-order valence-corrected chi connectivity index (χ0v) is 9.45. The van der Waals surface area contributed by atoms with Gasteiger partial charge in [0.1, 0.15) is 6.10 Å². The van der Waals surface area contributed by atoms with Gasteiger partial charge in [0.15, 0.2) is 0 Å². The maximum atomic E-state index is 5.70.